The van der Waals surface area contributed by atoms with Gasteiger partial charge in [0.05, 0.1) is 13.0 Å². The SMILES string of the molecule is C=C(CCc1ccccc1)CC(=O)OCC. The normalized spacial score (nSPS) is 9.81. The number of benzene rings is 1. The van der Waals surface area contributed by atoms with E-state index in [-0.39, 0.29) is 5.97 Å². The van der Waals surface area contributed by atoms with Crippen LogP contribution in [0.5, 0.6) is 0 Å². The van der Waals surface area contributed by atoms with Crippen LogP contribution in [-0.2, 0) is 16.0 Å². The fourth-order valence-corrected chi connectivity index (χ4v) is 1.47. The number of aryl methyl sites for hydroxylation is 1. The van der Waals surface area contributed by atoms with Gasteiger partial charge in [-0.3, -0.25) is 4.79 Å². The van der Waals surface area contributed by atoms with Crippen molar-refractivity contribution in [1.29, 1.82) is 0 Å². The minimum Gasteiger partial charge on any atom is -0.466 e. The van der Waals surface area contributed by atoms with E-state index >= 15 is 0 Å². The molecule has 0 N–H and O–H groups in total. The Balaban J connectivity index is 2.28. The van der Waals surface area contributed by atoms with Crippen molar-refractivity contribution in [2.75, 3.05) is 6.61 Å². The van der Waals surface area contributed by atoms with E-state index in [4.69, 9.17) is 4.74 Å². The molecule has 16 heavy (non-hydrogen) atoms. The van der Waals surface area contributed by atoms with Gasteiger partial charge in [-0.25, -0.2) is 0 Å². The van der Waals surface area contributed by atoms with Gasteiger partial charge in [0.2, 0.25) is 0 Å². The zero-order chi connectivity index (χ0) is 11.8. The lowest BCUT2D eigenvalue weighted by molar-refractivity contribution is -0.142. The maximum atomic E-state index is 11.2. The van der Waals surface area contributed by atoms with Crippen molar-refractivity contribution in [2.24, 2.45) is 0 Å². The van der Waals surface area contributed by atoms with Gasteiger partial charge in [0.25, 0.3) is 0 Å². The number of hydrogen-bond acceptors (Lipinski definition) is 2. The van der Waals surface area contributed by atoms with Crippen LogP contribution in [0, 0.1) is 0 Å². The summed E-state index contributed by atoms with van der Waals surface area (Å²) in [5.74, 6) is -0.180. The molecule has 0 amide bonds. The standard InChI is InChI=1S/C14H18O2/c1-3-16-14(15)11-12(2)9-10-13-7-5-4-6-8-13/h4-8H,2-3,9-11H2,1H3. The third-order valence-corrected chi connectivity index (χ3v) is 2.31. The Hall–Kier alpha value is -1.57. The van der Waals surface area contributed by atoms with Crippen molar-refractivity contribution in [1.82, 2.24) is 0 Å². The molecule has 0 spiro atoms. The summed E-state index contributed by atoms with van der Waals surface area (Å²) in [7, 11) is 0. The van der Waals surface area contributed by atoms with Gasteiger partial charge in [-0.2, -0.15) is 0 Å². The highest BCUT2D eigenvalue weighted by Gasteiger charge is 2.04. The Morgan fingerprint density at radius 2 is 2.00 bits per heavy atom. The maximum absolute atomic E-state index is 11.2. The molecule has 0 bridgehead atoms. The summed E-state index contributed by atoms with van der Waals surface area (Å²) in [6.45, 7) is 6.14. The molecule has 0 aromatic heterocycles. The highest BCUT2D eigenvalue weighted by Crippen LogP contribution is 2.11. The molecular weight excluding hydrogens is 200 g/mol. The molecule has 1 aromatic rings. The highest BCUT2D eigenvalue weighted by molar-refractivity contribution is 5.72. The quantitative estimate of drug-likeness (QED) is 0.541. The minimum absolute atomic E-state index is 0.180. The Kier molecular flexibility index (Phi) is 5.34. The summed E-state index contributed by atoms with van der Waals surface area (Å²) in [4.78, 5) is 11.2. The van der Waals surface area contributed by atoms with Crippen LogP contribution in [0.15, 0.2) is 42.5 Å². The first kappa shape index (κ1) is 12.5. The van der Waals surface area contributed by atoms with E-state index in [1.165, 1.54) is 5.56 Å². The van der Waals surface area contributed by atoms with E-state index in [1.807, 2.05) is 25.1 Å². The largest absolute Gasteiger partial charge is 0.466 e. The fourth-order valence-electron chi connectivity index (χ4n) is 1.47. The average molecular weight is 218 g/mol. The van der Waals surface area contributed by atoms with Crippen molar-refractivity contribution in [3.8, 4) is 0 Å². The van der Waals surface area contributed by atoms with Crippen molar-refractivity contribution in [3.05, 3.63) is 48.0 Å². The molecular formula is C14H18O2. The second-order valence-electron chi connectivity index (χ2n) is 3.72. The van der Waals surface area contributed by atoms with Crippen molar-refractivity contribution < 1.29 is 9.53 Å². The summed E-state index contributed by atoms with van der Waals surface area (Å²) in [5, 5.41) is 0. The molecule has 1 rings (SSSR count). The highest BCUT2D eigenvalue weighted by atomic mass is 16.5. The molecule has 0 radical (unpaired) electrons. The number of carbonyl (C=O) groups is 1. The van der Waals surface area contributed by atoms with Gasteiger partial charge in [0.15, 0.2) is 0 Å². The summed E-state index contributed by atoms with van der Waals surface area (Å²) in [6.07, 6.45) is 2.10. The van der Waals surface area contributed by atoms with Crippen molar-refractivity contribution in [3.63, 3.8) is 0 Å². The van der Waals surface area contributed by atoms with Crippen LogP contribution in [0.4, 0.5) is 0 Å². The van der Waals surface area contributed by atoms with Crippen LogP contribution >= 0.6 is 0 Å². The Bertz CT molecular complexity index is 341. The third-order valence-electron chi connectivity index (χ3n) is 2.31. The van der Waals surface area contributed by atoms with Crippen LogP contribution in [0.3, 0.4) is 0 Å². The van der Waals surface area contributed by atoms with Gasteiger partial charge in [-0.05, 0) is 25.3 Å². The lowest BCUT2D eigenvalue weighted by Gasteiger charge is -2.05. The second-order valence-corrected chi connectivity index (χ2v) is 3.72. The second kappa shape index (κ2) is 6.83. The summed E-state index contributed by atoms with van der Waals surface area (Å²) < 4.78 is 4.86. The zero-order valence-corrected chi connectivity index (χ0v) is 9.74. The van der Waals surface area contributed by atoms with Crippen LogP contribution in [0.25, 0.3) is 0 Å². The van der Waals surface area contributed by atoms with E-state index in [2.05, 4.69) is 18.7 Å². The Morgan fingerprint density at radius 3 is 2.62 bits per heavy atom. The smallest absolute Gasteiger partial charge is 0.309 e. The number of hydrogen-bond donors (Lipinski definition) is 0. The summed E-state index contributed by atoms with van der Waals surface area (Å²) >= 11 is 0. The van der Waals surface area contributed by atoms with Crippen molar-refractivity contribution in [2.45, 2.75) is 26.2 Å². The van der Waals surface area contributed by atoms with Crippen LogP contribution in [-0.4, -0.2) is 12.6 Å². The minimum atomic E-state index is -0.180. The summed E-state index contributed by atoms with van der Waals surface area (Å²) in [5.41, 5.74) is 2.20. The topological polar surface area (TPSA) is 26.3 Å². The van der Waals surface area contributed by atoms with Gasteiger partial charge in [0.1, 0.15) is 0 Å². The fraction of sp³-hybridized carbons (Fsp3) is 0.357. The first-order valence-corrected chi connectivity index (χ1v) is 5.58. The first-order valence-electron chi connectivity index (χ1n) is 5.58. The zero-order valence-electron chi connectivity index (χ0n) is 9.74. The van der Waals surface area contributed by atoms with Gasteiger partial charge in [0, 0.05) is 0 Å². The molecule has 0 heterocycles. The molecule has 0 fully saturated rings. The van der Waals surface area contributed by atoms with E-state index in [0.29, 0.717) is 13.0 Å². The lowest BCUT2D eigenvalue weighted by atomic mass is 10.0. The van der Waals surface area contributed by atoms with Crippen LogP contribution in [0.2, 0.25) is 0 Å². The molecule has 0 unspecified atom stereocenters. The third kappa shape index (κ3) is 4.78. The Morgan fingerprint density at radius 1 is 1.31 bits per heavy atom. The van der Waals surface area contributed by atoms with E-state index in [9.17, 15) is 4.79 Å². The van der Waals surface area contributed by atoms with Gasteiger partial charge in [-0.1, -0.05) is 42.5 Å². The number of ether oxygens (including phenoxy) is 1. The van der Waals surface area contributed by atoms with Crippen LogP contribution in [0.1, 0.15) is 25.3 Å². The molecule has 0 aliphatic heterocycles. The number of carbonyl (C=O) groups excluding carboxylic acids is 1. The average Bonchev–Trinajstić information content (AvgIpc) is 2.28. The molecule has 0 aliphatic rings. The number of esters is 1. The van der Waals surface area contributed by atoms with Gasteiger partial charge >= 0.3 is 5.97 Å². The molecule has 0 atom stereocenters. The van der Waals surface area contributed by atoms with Gasteiger partial charge in [-0.15, -0.1) is 0 Å². The molecule has 0 saturated carbocycles. The predicted molar refractivity (Wildman–Crippen MR) is 65.2 cm³/mol. The van der Waals surface area contributed by atoms with Crippen molar-refractivity contribution >= 4 is 5.97 Å². The lowest BCUT2D eigenvalue weighted by Crippen LogP contribution is -2.05. The summed E-state index contributed by atoms with van der Waals surface area (Å²) in [6, 6.07) is 10.2. The molecule has 0 saturated heterocycles. The van der Waals surface area contributed by atoms with Gasteiger partial charge < -0.3 is 4.74 Å². The Labute approximate surface area is 96.9 Å². The molecule has 0 aliphatic carbocycles. The van der Waals surface area contributed by atoms with E-state index < -0.39 is 0 Å². The predicted octanol–water partition coefficient (Wildman–Crippen LogP) is 3.13. The van der Waals surface area contributed by atoms with E-state index in [1.54, 1.807) is 0 Å². The van der Waals surface area contributed by atoms with E-state index in [0.717, 1.165) is 18.4 Å². The molecule has 2 nitrogen and oxygen atoms in total. The molecule has 86 valence electrons. The first-order chi connectivity index (χ1) is 7.72. The van der Waals surface area contributed by atoms with Crippen LogP contribution < -0.4 is 0 Å². The number of rotatable bonds is 6. The maximum Gasteiger partial charge on any atom is 0.309 e. The molecule has 2 heteroatoms. The monoisotopic (exact) mass is 218 g/mol. The molecule has 1 aromatic carbocycles.